The van der Waals surface area contributed by atoms with Gasteiger partial charge in [-0.15, -0.1) is 0 Å². The molecule has 0 spiro atoms. The molecule has 2 atom stereocenters. The number of carboxylic acid groups (broad SMARTS) is 1. The summed E-state index contributed by atoms with van der Waals surface area (Å²) in [6.07, 6.45) is 38.5. The number of unbranched alkanes of at least 4 members (excludes halogenated alkanes) is 23. The van der Waals surface area contributed by atoms with Crippen LogP contribution < -0.4 is 11.1 Å². The average molecular weight is 679 g/mol. The molecule has 7 nitrogen and oxygen atoms in total. The minimum Gasteiger partial charge on any atom is -0.480 e. The fourth-order valence-corrected chi connectivity index (χ4v) is 6.18. The maximum atomic E-state index is 12.7. The number of nitrogens with one attached hydrogen (secondary N) is 1. The summed E-state index contributed by atoms with van der Waals surface area (Å²) in [5.41, 5.74) is 5.47. The van der Waals surface area contributed by atoms with Crippen LogP contribution in [0.1, 0.15) is 213 Å². The Morgan fingerprint density at radius 1 is 0.604 bits per heavy atom. The molecule has 7 heteroatoms. The van der Waals surface area contributed by atoms with E-state index in [-0.39, 0.29) is 18.0 Å². The van der Waals surface area contributed by atoms with Gasteiger partial charge < -0.3 is 20.9 Å². The van der Waals surface area contributed by atoms with Crippen molar-refractivity contribution >= 4 is 17.8 Å². The summed E-state index contributed by atoms with van der Waals surface area (Å²) in [6, 6.07) is -0.866. The first-order valence-corrected chi connectivity index (χ1v) is 20.5. The van der Waals surface area contributed by atoms with Gasteiger partial charge in [-0.1, -0.05) is 155 Å². The molecule has 0 rings (SSSR count). The minimum absolute atomic E-state index is 0.0871. The first-order valence-electron chi connectivity index (χ1n) is 20.5. The number of allylic oxidation sites excluding steroid dienone is 1. The van der Waals surface area contributed by atoms with E-state index < -0.39 is 12.0 Å². The van der Waals surface area contributed by atoms with Crippen molar-refractivity contribution < 1.29 is 24.2 Å². The van der Waals surface area contributed by atoms with Crippen LogP contribution in [0.3, 0.4) is 0 Å². The molecule has 0 heterocycles. The van der Waals surface area contributed by atoms with Crippen LogP contribution in [0.5, 0.6) is 0 Å². The van der Waals surface area contributed by atoms with E-state index in [1.807, 2.05) is 0 Å². The lowest BCUT2D eigenvalue weighted by atomic mass is 10.0. The van der Waals surface area contributed by atoms with Gasteiger partial charge in [0.1, 0.15) is 12.1 Å². The SMILES string of the molecule is CCCCCC/C=C\C(CCCCCCC(=O)NC(CCCN)C(=O)O)OC(=O)CCCCCCCCCCCCCCCCCCC. The van der Waals surface area contributed by atoms with Crippen LogP contribution >= 0.6 is 0 Å². The highest BCUT2D eigenvalue weighted by Crippen LogP contribution is 2.16. The quantitative estimate of drug-likeness (QED) is 0.0342. The molecule has 4 N–H and O–H groups in total. The van der Waals surface area contributed by atoms with Crippen molar-refractivity contribution in [3.63, 3.8) is 0 Å². The molecule has 0 bridgehead atoms. The number of hydrogen-bond acceptors (Lipinski definition) is 5. The third kappa shape index (κ3) is 32.6. The molecule has 48 heavy (non-hydrogen) atoms. The van der Waals surface area contributed by atoms with E-state index in [1.165, 1.54) is 122 Å². The number of carbonyl (C=O) groups excluding carboxylic acids is 2. The first kappa shape index (κ1) is 46.1. The maximum Gasteiger partial charge on any atom is 0.326 e. The number of nitrogens with two attached hydrogens (primary N) is 1. The van der Waals surface area contributed by atoms with Crippen molar-refractivity contribution in [3.05, 3.63) is 12.2 Å². The molecule has 2 unspecified atom stereocenters. The van der Waals surface area contributed by atoms with Crippen LogP contribution in [0, 0.1) is 0 Å². The summed E-state index contributed by atoms with van der Waals surface area (Å²) in [4.78, 5) is 36.2. The van der Waals surface area contributed by atoms with E-state index in [1.54, 1.807) is 0 Å². The molecule has 1 amide bonds. The summed E-state index contributed by atoms with van der Waals surface area (Å²) in [7, 11) is 0. The maximum absolute atomic E-state index is 12.7. The van der Waals surface area contributed by atoms with Crippen molar-refractivity contribution in [2.75, 3.05) is 6.54 Å². The highest BCUT2D eigenvalue weighted by atomic mass is 16.5. The molecular weight excluding hydrogens is 600 g/mol. The second kappa shape index (κ2) is 36.4. The molecule has 0 aliphatic heterocycles. The van der Waals surface area contributed by atoms with Gasteiger partial charge >= 0.3 is 11.9 Å². The number of aliphatic carboxylic acids is 1. The third-order valence-electron chi connectivity index (χ3n) is 9.32. The van der Waals surface area contributed by atoms with Gasteiger partial charge in [-0.05, 0) is 64.0 Å². The lowest BCUT2D eigenvalue weighted by molar-refractivity contribution is -0.147. The van der Waals surface area contributed by atoms with Crippen LogP contribution in [0.25, 0.3) is 0 Å². The standard InChI is InChI=1S/C41H78N2O5/c1-3-5-7-9-11-12-13-14-15-16-17-18-19-20-21-23-29-35-40(45)48-37(31-26-22-10-8-6-4-2)32-27-24-25-28-34-39(44)43-38(41(46)47)33-30-36-42/h26,31,37-38H,3-25,27-30,32-36,42H2,1-2H3,(H,43,44)(H,46,47)/b31-26-. The molecular formula is C41H78N2O5. The molecule has 0 aromatic rings. The van der Waals surface area contributed by atoms with Crippen molar-refractivity contribution in [3.8, 4) is 0 Å². The normalized spacial score (nSPS) is 12.7. The minimum atomic E-state index is -1.01. The summed E-state index contributed by atoms with van der Waals surface area (Å²) in [5.74, 6) is -1.32. The van der Waals surface area contributed by atoms with Crippen molar-refractivity contribution in [2.45, 2.75) is 225 Å². The van der Waals surface area contributed by atoms with Gasteiger partial charge in [0.05, 0.1) is 0 Å². The number of carbonyl (C=O) groups is 3. The molecule has 0 aromatic carbocycles. The lowest BCUT2D eigenvalue weighted by Crippen LogP contribution is -2.40. The van der Waals surface area contributed by atoms with Gasteiger partial charge in [0.2, 0.25) is 5.91 Å². The van der Waals surface area contributed by atoms with E-state index in [4.69, 9.17) is 10.5 Å². The van der Waals surface area contributed by atoms with Crippen molar-refractivity contribution in [1.29, 1.82) is 0 Å². The van der Waals surface area contributed by atoms with E-state index in [0.717, 1.165) is 44.9 Å². The van der Waals surface area contributed by atoms with Crippen molar-refractivity contribution in [1.82, 2.24) is 5.32 Å². The van der Waals surface area contributed by atoms with Gasteiger partial charge in [-0.3, -0.25) is 9.59 Å². The monoisotopic (exact) mass is 679 g/mol. The van der Waals surface area contributed by atoms with Crippen LogP contribution in [-0.4, -0.2) is 41.6 Å². The molecule has 0 radical (unpaired) electrons. The Morgan fingerprint density at radius 3 is 1.56 bits per heavy atom. The van der Waals surface area contributed by atoms with E-state index in [9.17, 15) is 19.5 Å². The number of hydrogen-bond donors (Lipinski definition) is 3. The number of amides is 1. The van der Waals surface area contributed by atoms with Crippen LogP contribution in [0.15, 0.2) is 12.2 Å². The zero-order chi connectivity index (χ0) is 35.3. The van der Waals surface area contributed by atoms with Gasteiger partial charge in [0, 0.05) is 12.8 Å². The number of ether oxygens (including phenoxy) is 1. The fraction of sp³-hybridized carbons (Fsp3) is 0.878. The Labute approximate surface area is 296 Å². The highest BCUT2D eigenvalue weighted by Gasteiger charge is 2.19. The molecule has 282 valence electrons. The van der Waals surface area contributed by atoms with Crippen LogP contribution in [0.4, 0.5) is 0 Å². The smallest absolute Gasteiger partial charge is 0.326 e. The first-order chi connectivity index (χ1) is 23.4. The molecule has 0 fully saturated rings. The van der Waals surface area contributed by atoms with Gasteiger partial charge in [-0.2, -0.15) is 0 Å². The highest BCUT2D eigenvalue weighted by molar-refractivity contribution is 5.83. The Balaban J connectivity index is 4.11. The molecule has 0 saturated heterocycles. The molecule has 0 aliphatic carbocycles. The fourth-order valence-electron chi connectivity index (χ4n) is 6.18. The van der Waals surface area contributed by atoms with E-state index >= 15 is 0 Å². The molecule has 0 saturated carbocycles. The Kier molecular flexibility index (Phi) is 35.0. The van der Waals surface area contributed by atoms with Crippen molar-refractivity contribution in [2.24, 2.45) is 5.73 Å². The van der Waals surface area contributed by atoms with Gasteiger partial charge in [0.15, 0.2) is 0 Å². The summed E-state index contributed by atoms with van der Waals surface area (Å²) in [6.45, 7) is 4.90. The summed E-state index contributed by atoms with van der Waals surface area (Å²) >= 11 is 0. The third-order valence-corrected chi connectivity index (χ3v) is 9.32. The Morgan fingerprint density at radius 2 is 1.06 bits per heavy atom. The largest absolute Gasteiger partial charge is 0.480 e. The summed E-state index contributed by atoms with van der Waals surface area (Å²) < 4.78 is 5.90. The van der Waals surface area contributed by atoms with Gasteiger partial charge in [0.25, 0.3) is 0 Å². The van der Waals surface area contributed by atoms with E-state index in [2.05, 4.69) is 31.3 Å². The van der Waals surface area contributed by atoms with E-state index in [0.29, 0.717) is 38.6 Å². The molecule has 0 aromatic heterocycles. The Bertz CT molecular complexity index is 772. The lowest BCUT2D eigenvalue weighted by Gasteiger charge is -2.15. The zero-order valence-electron chi connectivity index (χ0n) is 31.6. The second-order valence-corrected chi connectivity index (χ2v) is 14.1. The number of esters is 1. The van der Waals surface area contributed by atoms with Crippen LogP contribution in [0.2, 0.25) is 0 Å². The Hall–Kier alpha value is -1.89. The second-order valence-electron chi connectivity index (χ2n) is 14.1. The predicted octanol–water partition coefficient (Wildman–Crippen LogP) is 11.1. The summed E-state index contributed by atoms with van der Waals surface area (Å²) in [5, 5.41) is 11.9. The number of carboxylic acids is 1. The topological polar surface area (TPSA) is 119 Å². The average Bonchev–Trinajstić information content (AvgIpc) is 3.07. The van der Waals surface area contributed by atoms with Gasteiger partial charge in [-0.25, -0.2) is 4.79 Å². The zero-order valence-corrected chi connectivity index (χ0v) is 31.6. The van der Waals surface area contributed by atoms with Crippen LogP contribution in [-0.2, 0) is 19.1 Å². The predicted molar refractivity (Wildman–Crippen MR) is 202 cm³/mol. The number of rotatable bonds is 37. The molecule has 0 aliphatic rings.